The van der Waals surface area contributed by atoms with Crippen molar-refractivity contribution in [3.05, 3.63) is 23.5 Å². The van der Waals surface area contributed by atoms with Crippen molar-refractivity contribution >= 4 is 17.8 Å². The van der Waals surface area contributed by atoms with E-state index in [0.29, 0.717) is 0 Å². The van der Waals surface area contributed by atoms with E-state index in [0.717, 1.165) is 10.6 Å². The number of carbonyl (C=O) groups excluding carboxylic acids is 1. The van der Waals surface area contributed by atoms with E-state index in [-0.39, 0.29) is 5.69 Å². The first-order valence-corrected chi connectivity index (χ1v) is 5.18. The summed E-state index contributed by atoms with van der Waals surface area (Å²) in [6.45, 7) is 0.500. The first kappa shape index (κ1) is 13.8. The highest BCUT2D eigenvalue weighted by Gasteiger charge is 2.23. The molecule has 1 rings (SSSR count). The van der Waals surface area contributed by atoms with Crippen LogP contribution in [0.2, 0.25) is 0 Å². The molecule has 0 atom stereocenters. The highest BCUT2D eigenvalue weighted by Crippen LogP contribution is 2.09. The van der Waals surface area contributed by atoms with Crippen LogP contribution in [0.3, 0.4) is 0 Å². The number of aryl methyl sites for hydroxylation is 1. The second-order valence-electron chi connectivity index (χ2n) is 3.87. The smallest absolute Gasteiger partial charge is 0.323 e. The SMILES string of the molecule is Cc1ccc(C(=O)N(CC(=O)O)CC(=O)O)n1C. The lowest BCUT2D eigenvalue weighted by Crippen LogP contribution is -2.40. The van der Waals surface area contributed by atoms with E-state index in [4.69, 9.17) is 10.2 Å². The van der Waals surface area contributed by atoms with Gasteiger partial charge in [-0.1, -0.05) is 0 Å². The normalized spacial score (nSPS) is 10.1. The summed E-state index contributed by atoms with van der Waals surface area (Å²) < 4.78 is 1.58. The van der Waals surface area contributed by atoms with Crippen molar-refractivity contribution in [2.75, 3.05) is 13.1 Å². The number of aliphatic carboxylic acids is 2. The average molecular weight is 254 g/mol. The van der Waals surface area contributed by atoms with Crippen LogP contribution in [0.5, 0.6) is 0 Å². The fraction of sp³-hybridized carbons (Fsp3) is 0.364. The molecule has 18 heavy (non-hydrogen) atoms. The van der Waals surface area contributed by atoms with Gasteiger partial charge in [0.25, 0.3) is 5.91 Å². The van der Waals surface area contributed by atoms with Crippen molar-refractivity contribution in [1.29, 1.82) is 0 Å². The fourth-order valence-corrected chi connectivity index (χ4v) is 1.52. The Morgan fingerprint density at radius 2 is 1.67 bits per heavy atom. The van der Waals surface area contributed by atoms with Crippen molar-refractivity contribution in [3.63, 3.8) is 0 Å². The standard InChI is InChI=1S/C11H14N2O5/c1-7-3-4-8(12(7)2)11(18)13(5-9(14)15)6-10(16)17/h3-4H,5-6H2,1-2H3,(H,14,15)(H,16,17). The average Bonchev–Trinajstić information content (AvgIpc) is 2.56. The first-order chi connectivity index (χ1) is 8.32. The molecule has 1 amide bonds. The molecule has 0 aliphatic carbocycles. The molecule has 2 N–H and O–H groups in total. The summed E-state index contributed by atoms with van der Waals surface area (Å²) in [5, 5.41) is 17.3. The van der Waals surface area contributed by atoms with E-state index in [2.05, 4.69) is 0 Å². The van der Waals surface area contributed by atoms with Gasteiger partial charge in [-0.25, -0.2) is 0 Å². The number of carboxylic acid groups (broad SMARTS) is 2. The van der Waals surface area contributed by atoms with Gasteiger partial charge >= 0.3 is 11.9 Å². The molecule has 0 saturated carbocycles. The van der Waals surface area contributed by atoms with E-state index in [1.165, 1.54) is 6.07 Å². The maximum Gasteiger partial charge on any atom is 0.323 e. The third-order valence-electron chi connectivity index (χ3n) is 2.53. The molecular formula is C11H14N2O5. The predicted octanol–water partition coefficient (Wildman–Crippen LogP) is -0.0551. The number of hydrogen-bond acceptors (Lipinski definition) is 3. The zero-order valence-electron chi connectivity index (χ0n) is 10.1. The van der Waals surface area contributed by atoms with Gasteiger partial charge in [0.1, 0.15) is 18.8 Å². The van der Waals surface area contributed by atoms with Crippen molar-refractivity contribution in [2.45, 2.75) is 6.92 Å². The molecule has 7 nitrogen and oxygen atoms in total. The lowest BCUT2D eigenvalue weighted by Gasteiger charge is -2.18. The van der Waals surface area contributed by atoms with Gasteiger partial charge in [-0.05, 0) is 19.1 Å². The minimum atomic E-state index is -1.25. The van der Waals surface area contributed by atoms with E-state index in [1.54, 1.807) is 24.6 Å². The molecule has 0 aromatic carbocycles. The number of amides is 1. The summed E-state index contributed by atoms with van der Waals surface area (Å²) in [5.41, 5.74) is 1.08. The van der Waals surface area contributed by atoms with Crippen molar-refractivity contribution in [1.82, 2.24) is 9.47 Å². The summed E-state index contributed by atoms with van der Waals surface area (Å²) in [7, 11) is 1.66. The van der Waals surface area contributed by atoms with Crippen LogP contribution in [-0.4, -0.2) is 50.6 Å². The van der Waals surface area contributed by atoms with E-state index >= 15 is 0 Å². The minimum Gasteiger partial charge on any atom is -0.480 e. The predicted molar refractivity (Wildman–Crippen MR) is 61.3 cm³/mol. The lowest BCUT2D eigenvalue weighted by molar-refractivity contribution is -0.140. The highest BCUT2D eigenvalue weighted by molar-refractivity contribution is 5.96. The Hall–Kier alpha value is -2.31. The molecular weight excluding hydrogens is 240 g/mol. The van der Waals surface area contributed by atoms with Gasteiger partial charge in [-0.3, -0.25) is 14.4 Å². The number of nitrogens with zero attached hydrogens (tertiary/aromatic N) is 2. The molecule has 0 aliphatic rings. The molecule has 1 aromatic heterocycles. The Balaban J connectivity index is 2.98. The van der Waals surface area contributed by atoms with Crippen LogP contribution in [0.1, 0.15) is 16.2 Å². The maximum absolute atomic E-state index is 12.0. The third kappa shape index (κ3) is 3.09. The first-order valence-electron chi connectivity index (χ1n) is 5.18. The van der Waals surface area contributed by atoms with Crippen LogP contribution in [-0.2, 0) is 16.6 Å². The van der Waals surface area contributed by atoms with Gasteiger partial charge in [-0.15, -0.1) is 0 Å². The van der Waals surface area contributed by atoms with E-state index in [9.17, 15) is 14.4 Å². The zero-order valence-corrected chi connectivity index (χ0v) is 10.1. The number of rotatable bonds is 5. The monoisotopic (exact) mass is 254 g/mol. The van der Waals surface area contributed by atoms with Gasteiger partial charge < -0.3 is 19.7 Å². The number of carbonyl (C=O) groups is 3. The second kappa shape index (κ2) is 5.35. The molecule has 98 valence electrons. The number of hydrogen-bond donors (Lipinski definition) is 2. The molecule has 0 spiro atoms. The Bertz CT molecular complexity index is 476. The molecule has 0 aliphatic heterocycles. The van der Waals surface area contributed by atoms with Crippen LogP contribution in [0, 0.1) is 6.92 Å². The lowest BCUT2D eigenvalue weighted by atomic mass is 10.3. The molecule has 0 radical (unpaired) electrons. The van der Waals surface area contributed by atoms with Gasteiger partial charge in [0.15, 0.2) is 0 Å². The Kier molecular flexibility index (Phi) is 4.09. The van der Waals surface area contributed by atoms with E-state index in [1.807, 2.05) is 0 Å². The maximum atomic E-state index is 12.0. The summed E-state index contributed by atoms with van der Waals surface area (Å²) in [6, 6.07) is 3.24. The summed E-state index contributed by atoms with van der Waals surface area (Å²) >= 11 is 0. The molecule has 0 saturated heterocycles. The molecule has 0 fully saturated rings. The summed E-state index contributed by atoms with van der Waals surface area (Å²) in [6.07, 6.45) is 0. The van der Waals surface area contributed by atoms with Crippen LogP contribution in [0.15, 0.2) is 12.1 Å². The minimum absolute atomic E-state index is 0.259. The number of carboxylic acids is 2. The Morgan fingerprint density at radius 1 is 1.17 bits per heavy atom. The van der Waals surface area contributed by atoms with Crippen LogP contribution in [0.25, 0.3) is 0 Å². The van der Waals surface area contributed by atoms with Crippen molar-refractivity contribution < 1.29 is 24.6 Å². The van der Waals surface area contributed by atoms with Crippen LogP contribution >= 0.6 is 0 Å². The molecule has 7 heteroatoms. The Labute approximate surface area is 103 Å². The van der Waals surface area contributed by atoms with Crippen LogP contribution in [0.4, 0.5) is 0 Å². The molecule has 0 unspecified atom stereocenters. The van der Waals surface area contributed by atoms with Gasteiger partial charge in [0.05, 0.1) is 0 Å². The van der Waals surface area contributed by atoms with Gasteiger partial charge in [-0.2, -0.15) is 0 Å². The van der Waals surface area contributed by atoms with Crippen molar-refractivity contribution in [3.8, 4) is 0 Å². The largest absolute Gasteiger partial charge is 0.480 e. The van der Waals surface area contributed by atoms with Gasteiger partial charge in [0, 0.05) is 12.7 Å². The second-order valence-corrected chi connectivity index (χ2v) is 3.87. The summed E-state index contributed by atoms with van der Waals surface area (Å²) in [5.74, 6) is -3.12. The number of aromatic nitrogens is 1. The third-order valence-corrected chi connectivity index (χ3v) is 2.53. The van der Waals surface area contributed by atoms with Crippen LogP contribution < -0.4 is 0 Å². The zero-order chi connectivity index (χ0) is 13.9. The quantitative estimate of drug-likeness (QED) is 0.767. The van der Waals surface area contributed by atoms with Crippen molar-refractivity contribution in [2.24, 2.45) is 7.05 Å². The molecule has 1 heterocycles. The van der Waals surface area contributed by atoms with E-state index < -0.39 is 30.9 Å². The topological polar surface area (TPSA) is 99.8 Å². The highest BCUT2D eigenvalue weighted by atomic mass is 16.4. The molecule has 0 bridgehead atoms. The Morgan fingerprint density at radius 3 is 2.00 bits per heavy atom. The summed E-state index contributed by atoms with van der Waals surface area (Å²) in [4.78, 5) is 34.1. The van der Waals surface area contributed by atoms with Gasteiger partial charge in [0.2, 0.25) is 0 Å². The fourth-order valence-electron chi connectivity index (χ4n) is 1.52. The molecule has 1 aromatic rings.